The van der Waals surface area contributed by atoms with Gasteiger partial charge in [0.05, 0.1) is 16.1 Å². The van der Waals surface area contributed by atoms with Crippen molar-refractivity contribution in [2.24, 2.45) is 0 Å². The van der Waals surface area contributed by atoms with Gasteiger partial charge < -0.3 is 14.6 Å². The van der Waals surface area contributed by atoms with Crippen LogP contribution in [0.5, 0.6) is 0 Å². The monoisotopic (exact) mass is 513 g/mol. The summed E-state index contributed by atoms with van der Waals surface area (Å²) in [6.45, 7) is -0.475. The average Bonchev–Trinajstić information content (AvgIpc) is 2.75. The van der Waals surface area contributed by atoms with Gasteiger partial charge in [-0.05, 0) is 24.0 Å². The molecule has 1 amide bonds. The van der Waals surface area contributed by atoms with E-state index in [0.29, 0.717) is 12.8 Å². The Balaban J connectivity index is 1.76. The van der Waals surface area contributed by atoms with Crippen LogP contribution in [-0.2, 0) is 22.6 Å². The van der Waals surface area contributed by atoms with Gasteiger partial charge in [-0.1, -0.05) is 83.3 Å². The Labute approximate surface area is 184 Å². The molecule has 1 saturated heterocycles. The van der Waals surface area contributed by atoms with Crippen LogP contribution in [0.1, 0.15) is 24.0 Å². The Hall–Kier alpha value is -1.71. The van der Waals surface area contributed by atoms with E-state index in [0.717, 1.165) is 11.1 Å². The number of alkyl halides is 2. The van der Waals surface area contributed by atoms with Crippen molar-refractivity contribution in [2.45, 2.75) is 48.4 Å². The molecule has 1 aliphatic heterocycles. The molecule has 0 radical (unpaired) electrons. The molecule has 156 valence electrons. The number of halogens is 2. The van der Waals surface area contributed by atoms with Gasteiger partial charge in [0.1, 0.15) is 13.3 Å². The Morgan fingerprint density at radius 1 is 1.14 bits per heavy atom. The number of rotatable bonds is 7. The minimum absolute atomic E-state index is 0.0447. The largest absolute Gasteiger partial charge is 0.445 e. The van der Waals surface area contributed by atoms with Gasteiger partial charge in [0, 0.05) is 6.54 Å². The fourth-order valence-electron chi connectivity index (χ4n) is 3.36. The maximum absolute atomic E-state index is 14.1. The second-order valence-electron chi connectivity index (χ2n) is 7.03. The number of ether oxygens (including phenoxy) is 2. The van der Waals surface area contributed by atoms with Gasteiger partial charge in [0.2, 0.25) is 0 Å². The van der Waals surface area contributed by atoms with E-state index >= 15 is 0 Å². The van der Waals surface area contributed by atoms with Gasteiger partial charge in [0.15, 0.2) is 6.29 Å². The van der Waals surface area contributed by atoms with Crippen LogP contribution in [-0.4, -0.2) is 45.1 Å². The lowest BCUT2D eigenvalue weighted by Gasteiger charge is -2.39. The molecule has 0 aromatic heterocycles. The van der Waals surface area contributed by atoms with E-state index in [4.69, 9.17) is 9.47 Å². The van der Waals surface area contributed by atoms with E-state index in [-0.39, 0.29) is 17.1 Å². The first-order valence-corrected chi connectivity index (χ1v) is 10.9. The highest BCUT2D eigenvalue weighted by atomic mass is 127. The first-order chi connectivity index (χ1) is 14.1. The third kappa shape index (κ3) is 6.13. The van der Waals surface area contributed by atoms with Gasteiger partial charge >= 0.3 is 6.09 Å². The molecule has 0 spiro atoms. The van der Waals surface area contributed by atoms with Crippen LogP contribution in [0.4, 0.5) is 9.18 Å². The lowest BCUT2D eigenvalue weighted by molar-refractivity contribution is -0.174. The number of nitrogens with zero attached hydrogens (tertiary/aromatic N) is 1. The molecule has 1 fully saturated rings. The maximum atomic E-state index is 14.1. The Morgan fingerprint density at radius 3 is 2.34 bits per heavy atom. The van der Waals surface area contributed by atoms with Crippen molar-refractivity contribution >= 4 is 28.7 Å². The highest BCUT2D eigenvalue weighted by Gasteiger charge is 2.38. The molecule has 2 aromatic carbocycles. The summed E-state index contributed by atoms with van der Waals surface area (Å²) in [6, 6.07) is 17.9. The molecular weight excluding hydrogens is 488 g/mol. The molecule has 2 aromatic rings. The molecule has 0 saturated carbocycles. The van der Waals surface area contributed by atoms with Gasteiger partial charge in [-0.15, -0.1) is 0 Å². The maximum Gasteiger partial charge on any atom is 0.410 e. The third-order valence-corrected chi connectivity index (χ3v) is 6.21. The fourth-order valence-corrected chi connectivity index (χ4v) is 3.89. The molecule has 3 rings (SSSR count). The first-order valence-electron chi connectivity index (χ1n) is 9.63. The number of hydrogen-bond donors (Lipinski definition) is 1. The first kappa shape index (κ1) is 22.0. The van der Waals surface area contributed by atoms with Crippen molar-refractivity contribution < 1.29 is 23.8 Å². The zero-order chi connectivity index (χ0) is 20.6. The van der Waals surface area contributed by atoms with Gasteiger partial charge in [-0.2, -0.15) is 0 Å². The predicted octanol–water partition coefficient (Wildman–Crippen LogP) is 4.46. The number of aliphatic hydroxyl groups is 1. The van der Waals surface area contributed by atoms with Crippen molar-refractivity contribution in [3.05, 3.63) is 71.8 Å². The number of carbonyl (C=O) groups excluding carboxylic acids is 1. The minimum atomic E-state index is -0.970. The predicted molar refractivity (Wildman–Crippen MR) is 116 cm³/mol. The van der Waals surface area contributed by atoms with Crippen molar-refractivity contribution in [1.82, 2.24) is 4.90 Å². The second-order valence-corrected chi connectivity index (χ2v) is 8.63. The molecule has 1 aliphatic rings. The summed E-state index contributed by atoms with van der Waals surface area (Å²) >= 11 is 2.12. The average molecular weight is 513 g/mol. The standard InChI is InChI=1S/C22H25FINO4/c23-13-19(20-12-11-18(24)21(26)29-20)25(14-16-7-3-1-4-8-16)22(27)28-15-17-9-5-2-6-10-17/h1-10,18-21,26H,11-15H2. The van der Waals surface area contributed by atoms with Gasteiger partial charge in [0.25, 0.3) is 0 Å². The van der Waals surface area contributed by atoms with Crippen LogP contribution in [0.25, 0.3) is 0 Å². The molecule has 1 N–H and O–H groups in total. The Bertz CT molecular complexity index is 764. The van der Waals surface area contributed by atoms with Crippen LogP contribution in [0.2, 0.25) is 0 Å². The van der Waals surface area contributed by atoms with E-state index in [1.807, 2.05) is 60.7 Å². The van der Waals surface area contributed by atoms with Crippen molar-refractivity contribution in [3.8, 4) is 0 Å². The van der Waals surface area contributed by atoms with E-state index in [1.165, 1.54) is 4.90 Å². The SMILES string of the molecule is O=C(OCc1ccccc1)N(Cc1ccccc1)C(CF)C1CCC(I)C(O)O1. The zero-order valence-corrected chi connectivity index (χ0v) is 18.2. The topological polar surface area (TPSA) is 59.0 Å². The summed E-state index contributed by atoms with van der Waals surface area (Å²) in [5.41, 5.74) is 1.72. The van der Waals surface area contributed by atoms with E-state index in [9.17, 15) is 14.3 Å². The molecule has 4 unspecified atom stereocenters. The summed E-state index contributed by atoms with van der Waals surface area (Å²) in [5.74, 6) is 0. The summed E-state index contributed by atoms with van der Waals surface area (Å²) in [6.07, 6.45) is -0.899. The molecule has 1 heterocycles. The Kier molecular flexibility index (Phi) is 8.26. The molecule has 29 heavy (non-hydrogen) atoms. The Morgan fingerprint density at radius 2 is 1.76 bits per heavy atom. The van der Waals surface area contributed by atoms with Crippen LogP contribution in [0, 0.1) is 0 Å². The summed E-state index contributed by atoms with van der Waals surface area (Å²) in [7, 11) is 0. The highest BCUT2D eigenvalue weighted by molar-refractivity contribution is 14.1. The lowest BCUT2D eigenvalue weighted by atomic mass is 10.0. The third-order valence-electron chi connectivity index (χ3n) is 4.97. The quantitative estimate of drug-likeness (QED) is 0.439. The van der Waals surface area contributed by atoms with Crippen LogP contribution < -0.4 is 0 Å². The normalized spacial score (nSPS) is 22.7. The van der Waals surface area contributed by atoms with Crippen molar-refractivity contribution in [1.29, 1.82) is 0 Å². The number of hydrogen-bond acceptors (Lipinski definition) is 4. The number of aliphatic hydroxyl groups excluding tert-OH is 1. The van der Waals surface area contributed by atoms with E-state index in [2.05, 4.69) is 22.6 Å². The highest BCUT2D eigenvalue weighted by Crippen LogP contribution is 2.29. The van der Waals surface area contributed by atoms with Crippen molar-refractivity contribution in [3.63, 3.8) is 0 Å². The van der Waals surface area contributed by atoms with Crippen LogP contribution >= 0.6 is 22.6 Å². The number of carbonyl (C=O) groups is 1. The summed E-state index contributed by atoms with van der Waals surface area (Å²) in [4.78, 5) is 14.3. The molecule has 7 heteroatoms. The fraction of sp³-hybridized carbons (Fsp3) is 0.409. The number of amides is 1. The molecule has 5 nitrogen and oxygen atoms in total. The zero-order valence-electron chi connectivity index (χ0n) is 16.0. The van der Waals surface area contributed by atoms with Crippen LogP contribution in [0.15, 0.2) is 60.7 Å². The van der Waals surface area contributed by atoms with Crippen LogP contribution in [0.3, 0.4) is 0 Å². The van der Waals surface area contributed by atoms with Crippen molar-refractivity contribution in [2.75, 3.05) is 6.67 Å². The van der Waals surface area contributed by atoms with E-state index in [1.54, 1.807) is 0 Å². The summed E-state index contributed by atoms with van der Waals surface area (Å²) in [5, 5.41) is 10.1. The molecular formula is C22H25FINO4. The number of benzene rings is 2. The summed E-state index contributed by atoms with van der Waals surface area (Å²) < 4.78 is 25.2. The smallest absolute Gasteiger partial charge is 0.410 e. The molecule has 0 bridgehead atoms. The second kappa shape index (κ2) is 10.9. The van der Waals surface area contributed by atoms with Gasteiger partial charge in [-0.3, -0.25) is 4.90 Å². The molecule has 4 atom stereocenters. The van der Waals surface area contributed by atoms with Gasteiger partial charge in [-0.25, -0.2) is 9.18 Å². The lowest BCUT2D eigenvalue weighted by Crippen LogP contribution is -2.52. The van der Waals surface area contributed by atoms with E-state index < -0.39 is 31.2 Å². The molecule has 0 aliphatic carbocycles. The minimum Gasteiger partial charge on any atom is -0.445 e.